The van der Waals surface area contributed by atoms with Gasteiger partial charge in [-0.2, -0.15) is 0 Å². The first-order chi connectivity index (χ1) is 12.5. The Morgan fingerprint density at radius 1 is 1.19 bits per heavy atom. The van der Waals surface area contributed by atoms with Crippen molar-refractivity contribution in [1.29, 1.82) is 0 Å². The fourth-order valence-electron chi connectivity index (χ4n) is 6.82. The van der Waals surface area contributed by atoms with Gasteiger partial charge in [-0.1, -0.05) is 27.7 Å². The first-order valence-corrected chi connectivity index (χ1v) is 9.81. The lowest BCUT2D eigenvalue weighted by atomic mass is 9.46. The lowest BCUT2D eigenvalue weighted by molar-refractivity contribution is -0.170. The summed E-state index contributed by atoms with van der Waals surface area (Å²) in [6.07, 6.45) is -0.756. The van der Waals surface area contributed by atoms with Crippen LogP contribution in [0.1, 0.15) is 53.4 Å². The number of hydrogen-bond donors (Lipinski definition) is 2. The first kappa shape index (κ1) is 18.8. The largest absolute Gasteiger partial charge is 0.464 e. The van der Waals surface area contributed by atoms with E-state index in [0.29, 0.717) is 36.9 Å². The lowest BCUT2D eigenvalue weighted by Crippen LogP contribution is -2.61. The van der Waals surface area contributed by atoms with Gasteiger partial charge in [0.05, 0.1) is 11.5 Å². The fraction of sp³-hybridized carbons (Fsp3) is 0.762. The van der Waals surface area contributed by atoms with Gasteiger partial charge in [0.25, 0.3) is 6.47 Å². The molecular formula is C21H28O6. The second kappa shape index (κ2) is 5.51. The second-order valence-electron chi connectivity index (χ2n) is 9.84. The molecule has 7 atom stereocenters. The molecule has 4 rings (SSSR count). The third kappa shape index (κ3) is 2.11. The quantitative estimate of drug-likeness (QED) is 0.710. The Labute approximate surface area is 159 Å². The first-order valence-electron chi connectivity index (χ1n) is 9.81. The summed E-state index contributed by atoms with van der Waals surface area (Å²) in [5.74, 6) is -0.871. The number of Topliss-reactive ketones (excluding diaryl/α,β-unsaturated/α-hetero) is 2. The number of carbonyl (C=O) groups is 3. The number of ether oxygens (including phenoxy) is 1. The van der Waals surface area contributed by atoms with Crippen LogP contribution in [0.2, 0.25) is 0 Å². The van der Waals surface area contributed by atoms with E-state index in [1.165, 1.54) is 0 Å². The molecule has 0 saturated heterocycles. The Hall–Kier alpha value is -1.53. The second-order valence-corrected chi connectivity index (χ2v) is 9.84. The third-order valence-electron chi connectivity index (χ3n) is 8.18. The number of rotatable bonds is 2. The molecule has 0 aliphatic heterocycles. The molecule has 0 aromatic carbocycles. The molecule has 0 amide bonds. The lowest BCUT2D eigenvalue weighted by Gasteiger charge is -2.59. The van der Waals surface area contributed by atoms with Gasteiger partial charge in [-0.05, 0) is 25.2 Å². The number of ketones is 2. The molecule has 1 spiro atoms. The van der Waals surface area contributed by atoms with Gasteiger partial charge < -0.3 is 14.9 Å². The summed E-state index contributed by atoms with van der Waals surface area (Å²) >= 11 is 0. The van der Waals surface area contributed by atoms with Crippen LogP contribution in [-0.2, 0) is 19.1 Å². The summed E-state index contributed by atoms with van der Waals surface area (Å²) in [6, 6.07) is 0. The van der Waals surface area contributed by atoms with E-state index in [2.05, 4.69) is 0 Å². The molecule has 4 aliphatic rings. The smallest absolute Gasteiger partial charge is 0.293 e. The molecule has 0 aromatic heterocycles. The zero-order valence-electron chi connectivity index (χ0n) is 16.3. The molecule has 0 aromatic rings. The minimum Gasteiger partial charge on any atom is -0.464 e. The van der Waals surface area contributed by atoms with Crippen molar-refractivity contribution in [1.82, 2.24) is 0 Å². The van der Waals surface area contributed by atoms with E-state index in [0.717, 1.165) is 0 Å². The van der Waals surface area contributed by atoms with E-state index in [4.69, 9.17) is 4.74 Å². The summed E-state index contributed by atoms with van der Waals surface area (Å²) in [7, 11) is 0. The van der Waals surface area contributed by atoms with Crippen molar-refractivity contribution in [3.63, 3.8) is 0 Å². The SMILES string of the molecule is C[C@@H]1C[C@]12C(=O)C1=C(C(=O)[C@@H]2O)[C@@]2(C)CC[C@@H](OC=O)C(C)(C)[C@@H]2[C@H](O)C1. The maximum absolute atomic E-state index is 13.3. The Bertz CT molecular complexity index is 767. The van der Waals surface area contributed by atoms with E-state index in [-0.39, 0.29) is 35.9 Å². The Kier molecular flexibility index (Phi) is 3.84. The molecule has 0 heterocycles. The Balaban J connectivity index is 1.85. The van der Waals surface area contributed by atoms with Crippen LogP contribution in [0, 0.1) is 28.1 Å². The van der Waals surface area contributed by atoms with Crippen molar-refractivity contribution >= 4 is 18.0 Å². The van der Waals surface area contributed by atoms with Crippen LogP contribution in [0.15, 0.2) is 11.1 Å². The molecule has 2 N–H and O–H groups in total. The van der Waals surface area contributed by atoms with Gasteiger partial charge >= 0.3 is 0 Å². The molecule has 0 radical (unpaired) electrons. The molecular weight excluding hydrogens is 348 g/mol. The minimum absolute atomic E-state index is 0.0196. The number of fused-ring (bicyclic) bond motifs is 2. The minimum atomic E-state index is -1.29. The average molecular weight is 376 g/mol. The molecule has 0 bridgehead atoms. The molecule has 2 saturated carbocycles. The van der Waals surface area contributed by atoms with Crippen molar-refractivity contribution in [3.05, 3.63) is 11.1 Å². The number of hydrogen-bond acceptors (Lipinski definition) is 6. The van der Waals surface area contributed by atoms with Crippen LogP contribution in [0.3, 0.4) is 0 Å². The van der Waals surface area contributed by atoms with Crippen molar-refractivity contribution in [2.75, 3.05) is 0 Å². The maximum Gasteiger partial charge on any atom is 0.293 e. The van der Waals surface area contributed by atoms with Gasteiger partial charge in [0, 0.05) is 34.3 Å². The maximum atomic E-state index is 13.3. The fourth-order valence-corrected chi connectivity index (χ4v) is 6.82. The number of carbonyl (C=O) groups excluding carboxylic acids is 3. The normalized spacial score (nSPS) is 48.1. The van der Waals surface area contributed by atoms with Crippen LogP contribution in [0.4, 0.5) is 0 Å². The highest BCUT2D eigenvalue weighted by Crippen LogP contribution is 2.66. The highest BCUT2D eigenvalue weighted by Gasteiger charge is 2.70. The van der Waals surface area contributed by atoms with E-state index < -0.39 is 28.5 Å². The summed E-state index contributed by atoms with van der Waals surface area (Å²) in [6.45, 7) is 8.11. The predicted octanol–water partition coefficient (Wildman–Crippen LogP) is 1.57. The number of aliphatic hydroxyl groups excluding tert-OH is 2. The van der Waals surface area contributed by atoms with Gasteiger partial charge in [0.1, 0.15) is 12.2 Å². The van der Waals surface area contributed by atoms with E-state index >= 15 is 0 Å². The highest BCUT2D eigenvalue weighted by atomic mass is 16.5. The average Bonchev–Trinajstić information content (AvgIpc) is 3.25. The van der Waals surface area contributed by atoms with Gasteiger partial charge in [0.15, 0.2) is 11.6 Å². The molecule has 0 unspecified atom stereocenters. The van der Waals surface area contributed by atoms with Gasteiger partial charge in [-0.15, -0.1) is 0 Å². The Morgan fingerprint density at radius 3 is 2.37 bits per heavy atom. The number of aliphatic hydroxyl groups is 2. The predicted molar refractivity (Wildman–Crippen MR) is 95.4 cm³/mol. The molecule has 6 heteroatoms. The van der Waals surface area contributed by atoms with Crippen molar-refractivity contribution in [2.45, 2.75) is 71.7 Å². The zero-order valence-corrected chi connectivity index (χ0v) is 16.3. The van der Waals surface area contributed by atoms with Crippen LogP contribution >= 0.6 is 0 Å². The standard InChI is InChI=1S/C21H28O6/c1-10-8-21(10)17(25)11-7-12(23)16-19(2,3)13(27-9-22)5-6-20(16,4)14(11)15(24)18(21)26/h9-10,12-13,16,18,23,26H,5-8H2,1-4H3/t10-,12-,13-,16+,18+,20-,21-/m1/s1. The van der Waals surface area contributed by atoms with E-state index in [1.54, 1.807) is 0 Å². The summed E-state index contributed by atoms with van der Waals surface area (Å²) in [5.41, 5.74) is -1.44. The summed E-state index contributed by atoms with van der Waals surface area (Å²) < 4.78 is 5.29. The Morgan fingerprint density at radius 2 is 1.81 bits per heavy atom. The van der Waals surface area contributed by atoms with Gasteiger partial charge in [-0.3, -0.25) is 14.4 Å². The van der Waals surface area contributed by atoms with Crippen LogP contribution < -0.4 is 0 Å². The van der Waals surface area contributed by atoms with Crippen molar-refractivity contribution in [2.24, 2.45) is 28.1 Å². The van der Waals surface area contributed by atoms with Gasteiger partial charge in [0.2, 0.25) is 0 Å². The van der Waals surface area contributed by atoms with Crippen LogP contribution in [0.5, 0.6) is 0 Å². The molecule has 6 nitrogen and oxygen atoms in total. The van der Waals surface area contributed by atoms with E-state index in [9.17, 15) is 24.6 Å². The van der Waals surface area contributed by atoms with Gasteiger partial charge in [-0.25, -0.2) is 0 Å². The molecule has 2 fully saturated rings. The van der Waals surface area contributed by atoms with Crippen molar-refractivity contribution in [3.8, 4) is 0 Å². The third-order valence-corrected chi connectivity index (χ3v) is 8.18. The monoisotopic (exact) mass is 376 g/mol. The topological polar surface area (TPSA) is 101 Å². The summed E-state index contributed by atoms with van der Waals surface area (Å²) in [5, 5.41) is 21.8. The van der Waals surface area contributed by atoms with Crippen molar-refractivity contribution < 1.29 is 29.3 Å². The highest BCUT2D eigenvalue weighted by molar-refractivity contribution is 6.19. The van der Waals surface area contributed by atoms with E-state index in [1.807, 2.05) is 27.7 Å². The molecule has 148 valence electrons. The molecule has 4 aliphatic carbocycles. The van der Waals surface area contributed by atoms with Crippen LogP contribution in [0.25, 0.3) is 0 Å². The molecule has 27 heavy (non-hydrogen) atoms. The zero-order chi connectivity index (χ0) is 19.9. The summed E-state index contributed by atoms with van der Waals surface area (Å²) in [4.78, 5) is 37.4. The van der Waals surface area contributed by atoms with Crippen LogP contribution in [-0.4, -0.2) is 46.6 Å².